The van der Waals surface area contributed by atoms with Crippen molar-refractivity contribution in [2.45, 2.75) is 32.9 Å². The van der Waals surface area contributed by atoms with E-state index in [-0.39, 0.29) is 0 Å². The molecule has 2 aliphatic rings. The minimum Gasteiger partial charge on any atom is -0.198 e. The second kappa shape index (κ2) is 4.76. The highest BCUT2D eigenvalue weighted by atomic mass is 15.0. The van der Waals surface area contributed by atoms with Crippen molar-refractivity contribution in [1.82, 2.24) is 0 Å². The zero-order valence-electron chi connectivity index (χ0n) is 13.4. The summed E-state index contributed by atoms with van der Waals surface area (Å²) in [5.74, 6) is 0. The van der Waals surface area contributed by atoms with E-state index in [0.717, 1.165) is 25.9 Å². The van der Waals surface area contributed by atoms with Crippen molar-refractivity contribution in [3.05, 3.63) is 71.5 Å². The van der Waals surface area contributed by atoms with E-state index in [4.69, 9.17) is 0 Å². The summed E-state index contributed by atoms with van der Waals surface area (Å²) in [4.78, 5) is 0. The highest BCUT2D eigenvalue weighted by Crippen LogP contribution is 2.39. The second-order valence-electron chi connectivity index (χ2n) is 6.65. The van der Waals surface area contributed by atoms with E-state index >= 15 is 0 Å². The van der Waals surface area contributed by atoms with Gasteiger partial charge >= 0.3 is 0 Å². The second-order valence-corrected chi connectivity index (χ2v) is 6.65. The largest absolute Gasteiger partial charge is 0.216 e. The van der Waals surface area contributed by atoms with Gasteiger partial charge in [-0.2, -0.15) is 9.13 Å². The van der Waals surface area contributed by atoms with Gasteiger partial charge in [0.2, 0.25) is 11.4 Å². The molecule has 2 nitrogen and oxygen atoms in total. The molecule has 4 heterocycles. The fraction of sp³-hybridized carbons (Fsp3) is 0.238. The summed E-state index contributed by atoms with van der Waals surface area (Å²) in [6, 6.07) is 15.7. The molecule has 0 spiro atoms. The average molecular weight is 300 g/mol. The van der Waals surface area contributed by atoms with Crippen molar-refractivity contribution in [3.8, 4) is 22.5 Å². The van der Waals surface area contributed by atoms with Crippen molar-refractivity contribution < 1.29 is 9.13 Å². The first kappa shape index (κ1) is 13.0. The van der Waals surface area contributed by atoms with Crippen molar-refractivity contribution in [3.63, 3.8) is 0 Å². The molecule has 0 amide bonds. The molecule has 0 bridgehead atoms. The van der Waals surface area contributed by atoms with Gasteiger partial charge < -0.3 is 0 Å². The number of pyridine rings is 2. The van der Waals surface area contributed by atoms with E-state index in [1.54, 1.807) is 0 Å². The quantitative estimate of drug-likeness (QED) is 0.564. The normalized spacial score (nSPS) is 14.5. The van der Waals surface area contributed by atoms with Crippen LogP contribution in [-0.4, -0.2) is 0 Å². The molecule has 0 saturated heterocycles. The first-order valence-corrected chi connectivity index (χ1v) is 8.46. The van der Waals surface area contributed by atoms with Crippen LogP contribution in [0.2, 0.25) is 0 Å². The molecular weight excluding hydrogens is 280 g/mol. The van der Waals surface area contributed by atoms with Crippen LogP contribution in [0.1, 0.15) is 16.7 Å². The maximum absolute atomic E-state index is 2.43. The Morgan fingerprint density at radius 2 is 1.48 bits per heavy atom. The van der Waals surface area contributed by atoms with Gasteiger partial charge in [-0.25, -0.2) is 0 Å². The Hall–Kier alpha value is -2.48. The van der Waals surface area contributed by atoms with E-state index in [9.17, 15) is 0 Å². The van der Waals surface area contributed by atoms with Crippen molar-refractivity contribution >= 4 is 0 Å². The number of hydrogen-bond acceptors (Lipinski definition) is 0. The van der Waals surface area contributed by atoms with Crippen molar-refractivity contribution in [1.29, 1.82) is 0 Å². The van der Waals surface area contributed by atoms with Gasteiger partial charge in [0.1, 0.15) is 0 Å². The van der Waals surface area contributed by atoms with Crippen LogP contribution < -0.4 is 9.13 Å². The Labute approximate surface area is 136 Å². The fourth-order valence-corrected chi connectivity index (χ4v) is 4.25. The molecule has 0 atom stereocenters. The van der Waals surface area contributed by atoms with Crippen LogP contribution in [0, 0.1) is 6.92 Å². The Morgan fingerprint density at radius 3 is 2.35 bits per heavy atom. The standard InChI is InChI=1S/C21H20N2/c1-15-5-4-12-23-14-10-17-8-7-16-9-13-22-11-3-2-6-18(22)19(16)20(17)21(15)23/h2-8,11-12H,9-10,13-14H2,1H3/q+2. The molecule has 0 radical (unpaired) electrons. The van der Waals surface area contributed by atoms with Crippen molar-refractivity contribution in [2.75, 3.05) is 0 Å². The van der Waals surface area contributed by atoms with Gasteiger partial charge in [-0.05, 0) is 30.2 Å². The van der Waals surface area contributed by atoms with Gasteiger partial charge in [0, 0.05) is 36.6 Å². The molecule has 2 heteroatoms. The molecule has 1 aromatic carbocycles. The van der Waals surface area contributed by atoms with Crippen LogP contribution in [0.5, 0.6) is 0 Å². The van der Waals surface area contributed by atoms with Gasteiger partial charge in [-0.15, -0.1) is 0 Å². The summed E-state index contributed by atoms with van der Waals surface area (Å²) >= 11 is 0. The monoisotopic (exact) mass is 300 g/mol. The predicted octanol–water partition coefficient (Wildman–Crippen LogP) is 3.02. The maximum Gasteiger partial charge on any atom is 0.216 e. The van der Waals surface area contributed by atoms with E-state index in [2.05, 4.69) is 70.9 Å². The molecule has 0 saturated carbocycles. The topological polar surface area (TPSA) is 7.76 Å². The summed E-state index contributed by atoms with van der Waals surface area (Å²) in [6.07, 6.45) is 6.69. The molecule has 3 aromatic rings. The number of aryl methyl sites for hydroxylation is 5. The average Bonchev–Trinajstić information content (AvgIpc) is 2.61. The van der Waals surface area contributed by atoms with Gasteiger partial charge in [-0.3, -0.25) is 0 Å². The zero-order valence-corrected chi connectivity index (χ0v) is 13.4. The first-order valence-electron chi connectivity index (χ1n) is 8.46. The maximum atomic E-state index is 2.43. The molecule has 2 aliphatic heterocycles. The first-order chi connectivity index (χ1) is 11.3. The highest BCUT2D eigenvalue weighted by Gasteiger charge is 2.33. The summed E-state index contributed by atoms with van der Waals surface area (Å²) in [7, 11) is 0. The van der Waals surface area contributed by atoms with Gasteiger partial charge in [0.25, 0.3) is 0 Å². The summed E-state index contributed by atoms with van der Waals surface area (Å²) in [5.41, 5.74) is 10.0. The van der Waals surface area contributed by atoms with Crippen LogP contribution in [-0.2, 0) is 25.9 Å². The lowest BCUT2D eigenvalue weighted by molar-refractivity contribution is -0.689. The Morgan fingerprint density at radius 1 is 0.739 bits per heavy atom. The van der Waals surface area contributed by atoms with E-state index in [0.29, 0.717) is 0 Å². The number of nitrogens with zero attached hydrogens (tertiary/aromatic N) is 2. The lowest BCUT2D eigenvalue weighted by atomic mass is 9.84. The van der Waals surface area contributed by atoms with E-state index in [1.807, 2.05) is 0 Å². The number of rotatable bonds is 0. The Balaban J connectivity index is 1.90. The lowest BCUT2D eigenvalue weighted by Gasteiger charge is -2.23. The van der Waals surface area contributed by atoms with Crippen LogP contribution >= 0.6 is 0 Å². The molecule has 112 valence electrons. The molecule has 23 heavy (non-hydrogen) atoms. The van der Waals surface area contributed by atoms with Crippen LogP contribution in [0.4, 0.5) is 0 Å². The minimum absolute atomic E-state index is 1.08. The van der Waals surface area contributed by atoms with Gasteiger partial charge in [0.15, 0.2) is 25.5 Å². The third-order valence-electron chi connectivity index (χ3n) is 5.33. The Kier molecular flexibility index (Phi) is 2.69. The van der Waals surface area contributed by atoms with Crippen LogP contribution in [0.25, 0.3) is 22.5 Å². The lowest BCUT2D eigenvalue weighted by Crippen LogP contribution is -2.43. The minimum atomic E-state index is 1.08. The van der Waals surface area contributed by atoms with Crippen LogP contribution in [0.3, 0.4) is 0 Å². The zero-order chi connectivity index (χ0) is 15.4. The predicted molar refractivity (Wildman–Crippen MR) is 89.8 cm³/mol. The molecule has 5 rings (SSSR count). The molecule has 0 unspecified atom stereocenters. The van der Waals surface area contributed by atoms with Gasteiger partial charge in [0.05, 0.1) is 11.1 Å². The number of benzene rings is 1. The smallest absolute Gasteiger partial charge is 0.198 e. The number of aromatic nitrogens is 2. The summed E-state index contributed by atoms with van der Waals surface area (Å²) in [6.45, 7) is 4.40. The third-order valence-corrected chi connectivity index (χ3v) is 5.33. The van der Waals surface area contributed by atoms with E-state index in [1.165, 1.54) is 39.2 Å². The molecule has 0 N–H and O–H groups in total. The Bertz CT molecular complexity index is 941. The van der Waals surface area contributed by atoms with Crippen LogP contribution in [0.15, 0.2) is 54.9 Å². The third kappa shape index (κ3) is 1.81. The van der Waals surface area contributed by atoms with E-state index < -0.39 is 0 Å². The summed E-state index contributed by atoms with van der Waals surface area (Å²) in [5, 5.41) is 0. The highest BCUT2D eigenvalue weighted by molar-refractivity contribution is 5.85. The summed E-state index contributed by atoms with van der Waals surface area (Å²) < 4.78 is 4.83. The number of fused-ring (bicyclic) bond motifs is 7. The molecule has 0 fully saturated rings. The van der Waals surface area contributed by atoms with Gasteiger partial charge in [-0.1, -0.05) is 12.1 Å². The van der Waals surface area contributed by atoms with Crippen molar-refractivity contribution in [2.24, 2.45) is 0 Å². The SMILES string of the molecule is Cc1ccc[n+]2c1-c1c(ccc3c1-c1cccc[n+]1CC3)CC2. The molecular formula is C21H20N2+2. The number of hydrogen-bond donors (Lipinski definition) is 0. The molecule has 0 aliphatic carbocycles. The fourth-order valence-electron chi connectivity index (χ4n) is 4.25. The molecule has 2 aromatic heterocycles.